The Balaban J connectivity index is 1.65. The average molecular weight is 536 g/mol. The van der Waals surface area contributed by atoms with Crippen LogP contribution in [0.15, 0.2) is 66.7 Å². The van der Waals surface area contributed by atoms with E-state index in [4.69, 9.17) is 4.98 Å². The number of nitrogens with one attached hydrogen (secondary N) is 1. The molecule has 1 heterocycles. The number of hydrogen-bond acceptors (Lipinski definition) is 3. The third-order valence-electron chi connectivity index (χ3n) is 7.38. The molecule has 5 rings (SSSR count). The lowest BCUT2D eigenvalue weighted by Crippen LogP contribution is -2.34. The first kappa shape index (κ1) is 26.5. The van der Waals surface area contributed by atoms with E-state index in [0.29, 0.717) is 17.4 Å². The number of anilines is 1. The highest BCUT2D eigenvalue weighted by molar-refractivity contribution is 5.97. The maximum absolute atomic E-state index is 14.0. The molecule has 39 heavy (non-hydrogen) atoms. The van der Waals surface area contributed by atoms with Crippen molar-refractivity contribution < 1.29 is 27.9 Å². The summed E-state index contributed by atoms with van der Waals surface area (Å²) in [7, 11) is 0. The van der Waals surface area contributed by atoms with Gasteiger partial charge >= 0.3 is 12.1 Å². The van der Waals surface area contributed by atoms with Gasteiger partial charge in [0.15, 0.2) is 0 Å². The number of hydrogen-bond donors (Lipinski definition) is 2. The number of aromatic carboxylic acids is 1. The second kappa shape index (κ2) is 10.6. The normalized spacial score (nSPS) is 15.3. The summed E-state index contributed by atoms with van der Waals surface area (Å²) in [6.07, 6.45) is -0.480. The van der Waals surface area contributed by atoms with Crippen molar-refractivity contribution in [3.63, 3.8) is 0 Å². The second-order valence-corrected chi connectivity index (χ2v) is 10.1. The summed E-state index contributed by atoms with van der Waals surface area (Å²) in [5, 5.41) is 11.7. The van der Waals surface area contributed by atoms with Gasteiger partial charge in [0.25, 0.3) is 0 Å². The van der Waals surface area contributed by atoms with Crippen LogP contribution in [0, 0.1) is 12.8 Å². The smallest absolute Gasteiger partial charge is 0.418 e. The Kier molecular flexibility index (Phi) is 7.16. The van der Waals surface area contributed by atoms with Gasteiger partial charge in [-0.1, -0.05) is 61.2 Å². The van der Waals surface area contributed by atoms with Gasteiger partial charge in [0.2, 0.25) is 5.91 Å². The molecule has 202 valence electrons. The highest BCUT2D eigenvalue weighted by Crippen LogP contribution is 2.40. The lowest BCUT2D eigenvalue weighted by molar-refractivity contribution is -0.137. The van der Waals surface area contributed by atoms with E-state index in [1.54, 1.807) is 0 Å². The topological polar surface area (TPSA) is 84.2 Å². The van der Waals surface area contributed by atoms with Gasteiger partial charge in [0, 0.05) is 5.56 Å². The largest absolute Gasteiger partial charge is 0.478 e. The minimum atomic E-state index is -4.86. The van der Waals surface area contributed by atoms with Gasteiger partial charge in [-0.2, -0.15) is 13.2 Å². The fourth-order valence-corrected chi connectivity index (χ4v) is 5.45. The van der Waals surface area contributed by atoms with Crippen LogP contribution in [0.4, 0.5) is 18.9 Å². The first-order valence-electron chi connectivity index (χ1n) is 12.9. The maximum atomic E-state index is 14.0. The van der Waals surface area contributed by atoms with Crippen molar-refractivity contribution in [3.8, 4) is 11.4 Å². The molecule has 1 atom stereocenters. The van der Waals surface area contributed by atoms with E-state index in [9.17, 15) is 27.9 Å². The number of carbonyl (C=O) groups excluding carboxylic acids is 1. The predicted octanol–water partition coefficient (Wildman–Crippen LogP) is 7.49. The average Bonchev–Trinajstić information content (AvgIpc) is 3.28. The molecular weight excluding hydrogens is 507 g/mol. The van der Waals surface area contributed by atoms with Gasteiger partial charge in [0.1, 0.15) is 11.9 Å². The van der Waals surface area contributed by atoms with Gasteiger partial charge in [-0.25, -0.2) is 9.78 Å². The van der Waals surface area contributed by atoms with Crippen LogP contribution >= 0.6 is 0 Å². The van der Waals surface area contributed by atoms with Crippen LogP contribution in [0.3, 0.4) is 0 Å². The van der Waals surface area contributed by atoms with E-state index in [1.807, 2.05) is 60.0 Å². The number of alkyl halides is 3. The number of aromatic nitrogens is 2. The number of carbonyl (C=O) groups is 2. The molecule has 1 aliphatic carbocycles. The molecule has 3 aromatic carbocycles. The molecular formula is C30H28F3N3O3. The second-order valence-electron chi connectivity index (χ2n) is 10.1. The molecule has 0 spiro atoms. The predicted molar refractivity (Wildman–Crippen MR) is 143 cm³/mol. The summed E-state index contributed by atoms with van der Waals surface area (Å²) in [5.74, 6) is -1.62. The first-order chi connectivity index (χ1) is 18.6. The Morgan fingerprint density at radius 3 is 2.36 bits per heavy atom. The van der Waals surface area contributed by atoms with Crippen LogP contribution in [0.25, 0.3) is 22.4 Å². The fourth-order valence-electron chi connectivity index (χ4n) is 5.45. The van der Waals surface area contributed by atoms with E-state index in [0.717, 1.165) is 60.9 Å². The summed E-state index contributed by atoms with van der Waals surface area (Å²) < 4.78 is 43.7. The molecule has 9 heteroatoms. The van der Waals surface area contributed by atoms with Crippen LogP contribution < -0.4 is 5.32 Å². The molecule has 6 nitrogen and oxygen atoms in total. The standard InChI is InChI=1S/C30H28F3N3O3/c1-18-11-13-20(14-12-18)27-34-24-9-5-6-10-25(24)36(27)26(19-7-3-2-4-8-19)28(37)35-23-16-15-21(29(38)39)17-22(23)30(31,32)33/h5-6,9-17,19,26H,2-4,7-8H2,1H3,(H,35,37)(H,38,39)/t26-/m0/s1. The molecule has 0 radical (unpaired) electrons. The van der Waals surface area contributed by atoms with Crippen LogP contribution in [0.1, 0.15) is 59.6 Å². The summed E-state index contributed by atoms with van der Waals surface area (Å²) in [6.45, 7) is 1.97. The van der Waals surface area contributed by atoms with Crippen LogP contribution in [-0.4, -0.2) is 26.5 Å². The van der Waals surface area contributed by atoms with E-state index in [2.05, 4.69) is 5.32 Å². The van der Waals surface area contributed by atoms with Gasteiger partial charge in [-0.15, -0.1) is 0 Å². The van der Waals surface area contributed by atoms with Gasteiger partial charge in [-0.05, 0) is 56.0 Å². The van der Waals surface area contributed by atoms with Crippen LogP contribution in [0.5, 0.6) is 0 Å². The third-order valence-corrected chi connectivity index (χ3v) is 7.38. The number of nitrogens with zero attached hydrogens (tertiary/aromatic N) is 2. The number of carboxylic acids is 1. The SMILES string of the molecule is Cc1ccc(-c2nc3ccccc3n2[C@H](C(=O)Nc2ccc(C(=O)O)cc2C(F)(F)F)C2CCCCC2)cc1. The van der Waals surface area contributed by atoms with Crippen molar-refractivity contribution in [3.05, 3.63) is 83.4 Å². The minimum absolute atomic E-state index is 0.117. The Bertz CT molecular complexity index is 1520. The molecule has 0 unspecified atom stereocenters. The molecule has 1 aromatic heterocycles. The van der Waals surface area contributed by atoms with Gasteiger partial charge in [0.05, 0.1) is 27.8 Å². The molecule has 1 amide bonds. The monoisotopic (exact) mass is 535 g/mol. The molecule has 0 aliphatic heterocycles. The van der Waals surface area contributed by atoms with E-state index in [-0.39, 0.29) is 5.92 Å². The number of para-hydroxylation sites is 2. The van der Waals surface area contributed by atoms with Crippen molar-refractivity contribution >= 4 is 28.6 Å². The Morgan fingerprint density at radius 1 is 1.00 bits per heavy atom. The fraction of sp³-hybridized carbons (Fsp3) is 0.300. The van der Waals surface area contributed by atoms with Crippen molar-refractivity contribution in [2.45, 2.75) is 51.2 Å². The number of rotatable bonds is 6. The molecule has 0 saturated heterocycles. The number of carboxylic acid groups (broad SMARTS) is 1. The number of halogens is 3. The lowest BCUT2D eigenvalue weighted by atomic mass is 9.83. The molecule has 1 aliphatic rings. The summed E-state index contributed by atoms with van der Waals surface area (Å²) in [4.78, 5) is 30.2. The molecule has 1 saturated carbocycles. The molecule has 0 bridgehead atoms. The maximum Gasteiger partial charge on any atom is 0.418 e. The zero-order valence-corrected chi connectivity index (χ0v) is 21.3. The zero-order valence-electron chi connectivity index (χ0n) is 21.3. The van der Waals surface area contributed by atoms with Gasteiger partial charge in [-0.3, -0.25) is 4.79 Å². The highest BCUT2D eigenvalue weighted by Gasteiger charge is 2.38. The Hall–Kier alpha value is -4.14. The van der Waals surface area contributed by atoms with Crippen molar-refractivity contribution in [2.24, 2.45) is 5.92 Å². The first-order valence-corrected chi connectivity index (χ1v) is 12.9. The number of aryl methyl sites for hydroxylation is 1. The van der Waals surface area contributed by atoms with E-state index < -0.39 is 40.9 Å². The summed E-state index contributed by atoms with van der Waals surface area (Å²) in [6, 6.07) is 17.0. The summed E-state index contributed by atoms with van der Waals surface area (Å²) in [5.41, 5.74) is 1.08. The molecule has 1 fully saturated rings. The number of amides is 1. The number of benzene rings is 3. The van der Waals surface area contributed by atoms with Crippen LogP contribution in [-0.2, 0) is 11.0 Å². The van der Waals surface area contributed by atoms with Crippen molar-refractivity contribution in [2.75, 3.05) is 5.32 Å². The zero-order chi connectivity index (χ0) is 27.7. The highest BCUT2D eigenvalue weighted by atomic mass is 19.4. The number of imidazole rings is 1. The van der Waals surface area contributed by atoms with Crippen molar-refractivity contribution in [1.82, 2.24) is 9.55 Å². The Morgan fingerprint density at radius 2 is 1.69 bits per heavy atom. The van der Waals surface area contributed by atoms with Crippen molar-refractivity contribution in [1.29, 1.82) is 0 Å². The van der Waals surface area contributed by atoms with E-state index in [1.165, 1.54) is 0 Å². The Labute approximate surface area is 223 Å². The minimum Gasteiger partial charge on any atom is -0.478 e. The van der Waals surface area contributed by atoms with E-state index >= 15 is 0 Å². The molecule has 4 aromatic rings. The number of fused-ring (bicyclic) bond motifs is 1. The summed E-state index contributed by atoms with van der Waals surface area (Å²) >= 11 is 0. The quantitative estimate of drug-likeness (QED) is 0.268. The molecule has 2 N–H and O–H groups in total. The third kappa shape index (κ3) is 5.39. The lowest BCUT2D eigenvalue weighted by Gasteiger charge is -2.32. The van der Waals surface area contributed by atoms with Gasteiger partial charge < -0.3 is 15.0 Å². The van der Waals surface area contributed by atoms with Crippen LogP contribution in [0.2, 0.25) is 0 Å².